The minimum atomic E-state index is -0.588. The predicted molar refractivity (Wildman–Crippen MR) is 76.0 cm³/mol. The van der Waals surface area contributed by atoms with E-state index in [2.05, 4.69) is 23.7 Å². The lowest BCUT2D eigenvalue weighted by atomic mass is 10.3. The maximum atomic E-state index is 10.5. The van der Waals surface area contributed by atoms with Gasteiger partial charge in [-0.25, -0.2) is 0 Å². The predicted octanol–water partition coefficient (Wildman–Crippen LogP) is 2.22. The Labute approximate surface area is 115 Å². The second-order valence-electron chi connectivity index (χ2n) is 3.73. The maximum absolute atomic E-state index is 10.5. The van der Waals surface area contributed by atoms with Gasteiger partial charge in [-0.15, -0.1) is 0 Å². The molecule has 1 N–H and O–H groups in total. The molecule has 0 aliphatic heterocycles. The Bertz CT molecular complexity index is 424. The number of esters is 1. The van der Waals surface area contributed by atoms with Crippen LogP contribution in [-0.4, -0.2) is 23.8 Å². The molecule has 0 aromatic heterocycles. The molecule has 0 amide bonds. The highest BCUT2D eigenvalue weighted by molar-refractivity contribution is 5.65. The molecule has 0 heterocycles. The number of aliphatic hydroxyl groups is 1. The van der Waals surface area contributed by atoms with Gasteiger partial charge in [-0.05, 0) is 37.2 Å². The molecule has 0 aliphatic carbocycles. The first-order valence-electron chi connectivity index (χ1n) is 6.31. The van der Waals surface area contributed by atoms with Crippen molar-refractivity contribution in [2.24, 2.45) is 0 Å². The van der Waals surface area contributed by atoms with Crippen molar-refractivity contribution in [2.75, 3.05) is 6.61 Å². The maximum Gasteiger partial charge on any atom is 0.302 e. The van der Waals surface area contributed by atoms with Gasteiger partial charge in [0.1, 0.15) is 6.10 Å². The molecular weight excluding hydrogens is 240 g/mol. The molecule has 0 spiro atoms. The van der Waals surface area contributed by atoms with Crippen LogP contribution in [0.25, 0.3) is 0 Å². The van der Waals surface area contributed by atoms with Crippen LogP contribution in [0.5, 0.6) is 0 Å². The molecule has 0 aliphatic rings. The van der Waals surface area contributed by atoms with Crippen molar-refractivity contribution >= 4 is 5.97 Å². The van der Waals surface area contributed by atoms with E-state index in [0.29, 0.717) is 13.0 Å². The molecule has 0 saturated carbocycles. The summed E-state index contributed by atoms with van der Waals surface area (Å²) in [5, 5.41) is 9.13. The van der Waals surface area contributed by atoms with E-state index in [1.54, 1.807) is 6.08 Å². The van der Waals surface area contributed by atoms with Crippen LogP contribution in [0, 0.1) is 23.7 Å². The van der Waals surface area contributed by atoms with Crippen LogP contribution in [0.4, 0.5) is 0 Å². The highest BCUT2D eigenvalue weighted by Crippen LogP contribution is 1.92. The molecule has 3 nitrogen and oxygen atoms in total. The highest BCUT2D eigenvalue weighted by Gasteiger charge is 1.89. The van der Waals surface area contributed by atoms with Gasteiger partial charge in [-0.1, -0.05) is 37.0 Å². The number of unbranched alkanes of at least 4 members (excludes halogenated alkanes) is 1. The minimum Gasteiger partial charge on any atom is -0.466 e. The fourth-order valence-corrected chi connectivity index (χ4v) is 0.995. The third-order valence-electron chi connectivity index (χ3n) is 2.01. The summed E-state index contributed by atoms with van der Waals surface area (Å²) in [5.74, 6) is 10.3. The van der Waals surface area contributed by atoms with E-state index < -0.39 is 6.10 Å². The normalized spacial score (nSPS) is 11.5. The largest absolute Gasteiger partial charge is 0.466 e. The first-order chi connectivity index (χ1) is 9.16. The average molecular weight is 260 g/mol. The van der Waals surface area contributed by atoms with Gasteiger partial charge in [0.25, 0.3) is 0 Å². The number of carbonyl (C=O) groups excluding carboxylic acids is 1. The lowest BCUT2D eigenvalue weighted by Gasteiger charge is -1.97. The number of allylic oxidation sites excluding steroid dienone is 4. The SMILES string of the molecule is CC[C@H](O)C#CC#C/C=C/C=C/CCCOC(C)=O. The molecular formula is C16H20O3. The molecule has 0 rings (SSSR count). The van der Waals surface area contributed by atoms with Crippen molar-refractivity contribution in [3.05, 3.63) is 24.3 Å². The molecule has 1 atom stereocenters. The Kier molecular flexibility index (Phi) is 11.2. The Morgan fingerprint density at radius 2 is 2.16 bits per heavy atom. The van der Waals surface area contributed by atoms with Crippen molar-refractivity contribution < 1.29 is 14.6 Å². The smallest absolute Gasteiger partial charge is 0.302 e. The van der Waals surface area contributed by atoms with Crippen molar-refractivity contribution in [3.63, 3.8) is 0 Å². The topological polar surface area (TPSA) is 46.5 Å². The monoisotopic (exact) mass is 260 g/mol. The van der Waals surface area contributed by atoms with Crippen LogP contribution >= 0.6 is 0 Å². The van der Waals surface area contributed by atoms with Crippen LogP contribution in [0.2, 0.25) is 0 Å². The van der Waals surface area contributed by atoms with E-state index in [-0.39, 0.29) is 5.97 Å². The van der Waals surface area contributed by atoms with Gasteiger partial charge in [0, 0.05) is 6.92 Å². The number of hydrogen-bond donors (Lipinski definition) is 1. The first kappa shape index (κ1) is 17.0. The summed E-state index contributed by atoms with van der Waals surface area (Å²) in [6, 6.07) is 0. The number of hydrogen-bond acceptors (Lipinski definition) is 3. The molecule has 0 fully saturated rings. The van der Waals surface area contributed by atoms with Crippen molar-refractivity contribution in [1.29, 1.82) is 0 Å². The van der Waals surface area contributed by atoms with E-state index in [0.717, 1.165) is 12.8 Å². The summed E-state index contributed by atoms with van der Waals surface area (Å²) in [6.45, 7) is 3.72. The lowest BCUT2D eigenvalue weighted by molar-refractivity contribution is -0.141. The van der Waals surface area contributed by atoms with E-state index >= 15 is 0 Å². The molecule has 3 heteroatoms. The summed E-state index contributed by atoms with van der Waals surface area (Å²) in [6.07, 6.45) is 9.07. The van der Waals surface area contributed by atoms with Crippen molar-refractivity contribution in [1.82, 2.24) is 0 Å². The molecule has 0 radical (unpaired) electrons. The van der Waals surface area contributed by atoms with E-state index in [1.165, 1.54) is 6.92 Å². The van der Waals surface area contributed by atoms with Gasteiger partial charge in [0.15, 0.2) is 0 Å². The zero-order valence-electron chi connectivity index (χ0n) is 11.5. The molecule has 0 aromatic carbocycles. The van der Waals surface area contributed by atoms with Crippen molar-refractivity contribution in [3.8, 4) is 23.7 Å². The number of ether oxygens (including phenoxy) is 1. The molecule has 0 bridgehead atoms. The first-order valence-corrected chi connectivity index (χ1v) is 6.31. The number of rotatable bonds is 6. The molecule has 102 valence electrons. The van der Waals surface area contributed by atoms with E-state index in [1.807, 2.05) is 25.2 Å². The van der Waals surface area contributed by atoms with Gasteiger partial charge in [-0.3, -0.25) is 4.79 Å². The quantitative estimate of drug-likeness (QED) is 0.345. The zero-order valence-corrected chi connectivity index (χ0v) is 11.5. The molecule has 0 aromatic rings. The van der Waals surface area contributed by atoms with E-state index in [4.69, 9.17) is 9.84 Å². The Balaban J connectivity index is 3.70. The summed E-state index contributed by atoms with van der Waals surface area (Å²) >= 11 is 0. The van der Waals surface area contributed by atoms with Gasteiger partial charge in [0.2, 0.25) is 0 Å². The Morgan fingerprint density at radius 1 is 1.37 bits per heavy atom. The molecule has 0 unspecified atom stereocenters. The summed E-state index contributed by atoms with van der Waals surface area (Å²) < 4.78 is 4.79. The Morgan fingerprint density at radius 3 is 2.84 bits per heavy atom. The fraction of sp³-hybridized carbons (Fsp3) is 0.438. The van der Waals surface area contributed by atoms with Crippen LogP contribution in [-0.2, 0) is 9.53 Å². The summed E-state index contributed by atoms with van der Waals surface area (Å²) in [7, 11) is 0. The standard InChI is InChI=1S/C16H20O3/c1-3-16(18)13-11-9-7-5-4-6-8-10-12-14-19-15(2)17/h4-6,8,16,18H,3,10,12,14H2,1-2H3/b5-4+,8-6+/t16-/m0/s1. The van der Waals surface area contributed by atoms with E-state index in [9.17, 15) is 4.79 Å². The molecule has 0 saturated heterocycles. The third-order valence-corrected chi connectivity index (χ3v) is 2.01. The van der Waals surface area contributed by atoms with Crippen LogP contribution in [0.1, 0.15) is 33.1 Å². The van der Waals surface area contributed by atoms with Crippen LogP contribution in [0.3, 0.4) is 0 Å². The fourth-order valence-electron chi connectivity index (χ4n) is 0.995. The number of carbonyl (C=O) groups is 1. The second-order valence-corrected chi connectivity index (χ2v) is 3.73. The van der Waals surface area contributed by atoms with Crippen LogP contribution < -0.4 is 0 Å². The summed E-state index contributed by atoms with van der Waals surface area (Å²) in [4.78, 5) is 10.5. The second kappa shape index (κ2) is 12.5. The lowest BCUT2D eigenvalue weighted by Crippen LogP contribution is -1.99. The molecule has 19 heavy (non-hydrogen) atoms. The van der Waals surface area contributed by atoms with Crippen molar-refractivity contribution in [2.45, 2.75) is 39.2 Å². The number of aliphatic hydroxyl groups excluding tert-OH is 1. The van der Waals surface area contributed by atoms with Gasteiger partial charge in [0.05, 0.1) is 6.61 Å². The minimum absolute atomic E-state index is 0.242. The zero-order chi connectivity index (χ0) is 14.3. The van der Waals surface area contributed by atoms with Gasteiger partial charge >= 0.3 is 5.97 Å². The average Bonchev–Trinajstić information content (AvgIpc) is 2.39. The Hall–Kier alpha value is -1.97. The van der Waals surface area contributed by atoms with Gasteiger partial charge in [-0.2, -0.15) is 0 Å². The summed E-state index contributed by atoms with van der Waals surface area (Å²) in [5.41, 5.74) is 0. The highest BCUT2D eigenvalue weighted by atomic mass is 16.5. The van der Waals surface area contributed by atoms with Gasteiger partial charge < -0.3 is 9.84 Å². The van der Waals surface area contributed by atoms with Crippen LogP contribution in [0.15, 0.2) is 24.3 Å². The third kappa shape index (κ3) is 14.0.